The van der Waals surface area contributed by atoms with Crippen molar-refractivity contribution in [3.8, 4) is 17.2 Å². The molecule has 0 aromatic heterocycles. The highest BCUT2D eigenvalue weighted by molar-refractivity contribution is 8.26. The number of hydrogen-bond acceptors (Lipinski definition) is 7. The lowest BCUT2D eigenvalue weighted by molar-refractivity contribution is -0.121. The summed E-state index contributed by atoms with van der Waals surface area (Å²) in [6.07, 6.45) is 3.45. The predicted molar refractivity (Wildman–Crippen MR) is 136 cm³/mol. The Labute approximate surface area is 204 Å². The summed E-state index contributed by atoms with van der Waals surface area (Å²) in [5.74, 6) is 1.90. The van der Waals surface area contributed by atoms with Crippen LogP contribution in [0.5, 0.6) is 17.2 Å². The summed E-state index contributed by atoms with van der Waals surface area (Å²) in [4.78, 5) is 14.6. The number of hydrogen-bond donors (Lipinski definition) is 0. The van der Waals surface area contributed by atoms with Crippen molar-refractivity contribution >= 4 is 40.3 Å². The Kier molecular flexibility index (Phi) is 9.35. The van der Waals surface area contributed by atoms with Crippen LogP contribution >= 0.6 is 24.0 Å². The van der Waals surface area contributed by atoms with Gasteiger partial charge in [0, 0.05) is 6.54 Å². The van der Waals surface area contributed by atoms with E-state index in [-0.39, 0.29) is 5.91 Å². The average molecular weight is 486 g/mol. The number of nitrogens with zero attached hydrogens (tertiary/aromatic N) is 1. The molecule has 0 atom stereocenters. The van der Waals surface area contributed by atoms with Gasteiger partial charge in [0.1, 0.15) is 23.3 Å². The SMILES string of the molecule is C=CCN1C(=O)/C(=C/c2ccc(OCCOCCOc3cccc(C)c3)c(OC)c2)SC1=S. The van der Waals surface area contributed by atoms with E-state index < -0.39 is 0 Å². The van der Waals surface area contributed by atoms with Gasteiger partial charge in [-0.15, -0.1) is 6.58 Å². The van der Waals surface area contributed by atoms with E-state index in [1.165, 1.54) is 16.7 Å². The van der Waals surface area contributed by atoms with Gasteiger partial charge < -0.3 is 18.9 Å². The zero-order chi connectivity index (χ0) is 23.6. The molecule has 174 valence electrons. The summed E-state index contributed by atoms with van der Waals surface area (Å²) in [5.41, 5.74) is 1.98. The van der Waals surface area contributed by atoms with Crippen LogP contribution in [-0.2, 0) is 9.53 Å². The smallest absolute Gasteiger partial charge is 0.266 e. The minimum absolute atomic E-state index is 0.118. The van der Waals surface area contributed by atoms with Gasteiger partial charge in [-0.3, -0.25) is 9.69 Å². The minimum Gasteiger partial charge on any atom is -0.493 e. The number of methoxy groups -OCH3 is 1. The van der Waals surface area contributed by atoms with Gasteiger partial charge in [-0.05, 0) is 48.4 Å². The summed E-state index contributed by atoms with van der Waals surface area (Å²) >= 11 is 6.56. The predicted octanol–water partition coefficient (Wildman–Crippen LogP) is 4.87. The van der Waals surface area contributed by atoms with Crippen LogP contribution in [0, 0.1) is 6.92 Å². The van der Waals surface area contributed by atoms with Crippen molar-refractivity contribution < 1.29 is 23.7 Å². The molecule has 0 bridgehead atoms. The second-order valence-electron chi connectivity index (χ2n) is 7.12. The molecule has 1 aliphatic heterocycles. The molecule has 3 rings (SSSR count). The van der Waals surface area contributed by atoms with Crippen molar-refractivity contribution in [3.63, 3.8) is 0 Å². The zero-order valence-electron chi connectivity index (χ0n) is 18.7. The molecule has 0 spiro atoms. The maximum Gasteiger partial charge on any atom is 0.266 e. The molecule has 0 N–H and O–H groups in total. The van der Waals surface area contributed by atoms with E-state index in [9.17, 15) is 4.79 Å². The van der Waals surface area contributed by atoms with Gasteiger partial charge in [-0.2, -0.15) is 0 Å². The minimum atomic E-state index is -0.118. The molecule has 1 fully saturated rings. The molecule has 0 unspecified atom stereocenters. The third-order valence-corrected chi connectivity index (χ3v) is 6.02. The van der Waals surface area contributed by atoms with Crippen molar-refractivity contribution in [2.75, 3.05) is 40.1 Å². The molecule has 0 radical (unpaired) electrons. The summed E-state index contributed by atoms with van der Waals surface area (Å²) in [6, 6.07) is 13.4. The first-order chi connectivity index (χ1) is 16.0. The monoisotopic (exact) mass is 485 g/mol. The number of rotatable bonds is 12. The number of aryl methyl sites for hydroxylation is 1. The van der Waals surface area contributed by atoms with Crippen molar-refractivity contribution in [2.45, 2.75) is 6.92 Å². The number of ether oxygens (including phenoxy) is 4. The van der Waals surface area contributed by atoms with Gasteiger partial charge in [0.25, 0.3) is 5.91 Å². The number of amides is 1. The van der Waals surface area contributed by atoms with Crippen LogP contribution in [-0.4, -0.2) is 55.2 Å². The first-order valence-electron chi connectivity index (χ1n) is 10.5. The van der Waals surface area contributed by atoms with Crippen LogP contribution in [0.3, 0.4) is 0 Å². The number of benzene rings is 2. The van der Waals surface area contributed by atoms with Crippen molar-refractivity contribution in [3.05, 3.63) is 71.2 Å². The van der Waals surface area contributed by atoms with E-state index in [4.69, 9.17) is 31.2 Å². The summed E-state index contributed by atoms with van der Waals surface area (Å²) in [5, 5.41) is 0. The van der Waals surface area contributed by atoms with Crippen molar-refractivity contribution in [1.29, 1.82) is 0 Å². The quantitative estimate of drug-likeness (QED) is 0.184. The molecule has 6 nitrogen and oxygen atoms in total. The molecule has 1 heterocycles. The largest absolute Gasteiger partial charge is 0.493 e. The van der Waals surface area contributed by atoms with Gasteiger partial charge in [0.2, 0.25) is 0 Å². The maximum absolute atomic E-state index is 12.5. The molecule has 8 heteroatoms. The highest BCUT2D eigenvalue weighted by Crippen LogP contribution is 2.34. The normalized spacial score (nSPS) is 14.6. The van der Waals surface area contributed by atoms with E-state index in [1.54, 1.807) is 19.3 Å². The first-order valence-corrected chi connectivity index (χ1v) is 11.7. The fourth-order valence-corrected chi connectivity index (χ4v) is 4.34. The van der Waals surface area contributed by atoms with E-state index in [0.717, 1.165) is 16.9 Å². The topological polar surface area (TPSA) is 57.2 Å². The van der Waals surface area contributed by atoms with Crippen LogP contribution in [0.25, 0.3) is 6.08 Å². The lowest BCUT2D eigenvalue weighted by Gasteiger charge is -2.12. The van der Waals surface area contributed by atoms with Crippen molar-refractivity contribution in [1.82, 2.24) is 4.90 Å². The Morgan fingerprint density at radius 2 is 1.85 bits per heavy atom. The third kappa shape index (κ3) is 7.08. The van der Waals surface area contributed by atoms with Gasteiger partial charge in [-0.1, -0.05) is 48.3 Å². The number of carbonyl (C=O) groups excluding carboxylic acids is 1. The summed E-state index contributed by atoms with van der Waals surface area (Å²) in [6.45, 7) is 7.84. The van der Waals surface area contributed by atoms with Gasteiger partial charge in [0.05, 0.1) is 25.2 Å². The Morgan fingerprint density at radius 3 is 2.58 bits per heavy atom. The molecule has 33 heavy (non-hydrogen) atoms. The molecular formula is C25H27NO5S2. The van der Waals surface area contributed by atoms with E-state index in [0.29, 0.717) is 53.7 Å². The van der Waals surface area contributed by atoms with Crippen LogP contribution in [0.2, 0.25) is 0 Å². The highest BCUT2D eigenvalue weighted by Gasteiger charge is 2.31. The second kappa shape index (κ2) is 12.4. The fourth-order valence-electron chi connectivity index (χ4n) is 3.07. The Balaban J connectivity index is 1.46. The lowest BCUT2D eigenvalue weighted by atomic mass is 10.2. The molecule has 2 aromatic carbocycles. The number of thioether (sulfide) groups is 1. The third-order valence-electron chi connectivity index (χ3n) is 4.64. The van der Waals surface area contributed by atoms with E-state index in [2.05, 4.69) is 6.58 Å². The van der Waals surface area contributed by atoms with Crippen LogP contribution in [0.15, 0.2) is 60.0 Å². The molecule has 1 amide bonds. The Hall–Kier alpha value is -2.81. The molecule has 1 aliphatic rings. The maximum atomic E-state index is 12.5. The first kappa shape index (κ1) is 24.8. The molecule has 0 saturated carbocycles. The number of thiocarbonyl (C=S) groups is 1. The highest BCUT2D eigenvalue weighted by atomic mass is 32.2. The number of carbonyl (C=O) groups is 1. The molecular weight excluding hydrogens is 458 g/mol. The summed E-state index contributed by atoms with van der Waals surface area (Å²) < 4.78 is 23.0. The Morgan fingerprint density at radius 1 is 1.06 bits per heavy atom. The Bertz CT molecular complexity index is 1040. The zero-order valence-corrected chi connectivity index (χ0v) is 20.4. The summed E-state index contributed by atoms with van der Waals surface area (Å²) in [7, 11) is 1.58. The van der Waals surface area contributed by atoms with E-state index >= 15 is 0 Å². The molecule has 1 saturated heterocycles. The lowest BCUT2D eigenvalue weighted by Crippen LogP contribution is -2.27. The van der Waals surface area contributed by atoms with Gasteiger partial charge in [0.15, 0.2) is 11.5 Å². The van der Waals surface area contributed by atoms with Crippen molar-refractivity contribution in [2.24, 2.45) is 0 Å². The van der Waals surface area contributed by atoms with Crippen LogP contribution in [0.4, 0.5) is 0 Å². The fraction of sp³-hybridized carbons (Fsp3) is 0.280. The second-order valence-corrected chi connectivity index (χ2v) is 8.79. The standard InChI is InChI=1S/C25H27NO5S2/c1-4-10-26-24(27)23(33-25(26)32)17-19-8-9-21(22(16-19)28-3)31-14-12-29-11-13-30-20-7-5-6-18(2)15-20/h4-9,15-17H,1,10-14H2,2-3H3/b23-17-. The van der Waals surface area contributed by atoms with Crippen LogP contribution in [0.1, 0.15) is 11.1 Å². The van der Waals surface area contributed by atoms with Crippen LogP contribution < -0.4 is 14.2 Å². The molecule has 0 aliphatic carbocycles. The van der Waals surface area contributed by atoms with E-state index in [1.807, 2.05) is 49.4 Å². The molecule has 2 aromatic rings. The average Bonchev–Trinajstić information content (AvgIpc) is 3.06. The van der Waals surface area contributed by atoms with Gasteiger partial charge >= 0.3 is 0 Å². The van der Waals surface area contributed by atoms with Gasteiger partial charge in [-0.25, -0.2) is 0 Å².